The number of rotatable bonds is 5. The van der Waals surface area contributed by atoms with E-state index in [0.717, 1.165) is 4.47 Å². The van der Waals surface area contributed by atoms with Gasteiger partial charge in [0.15, 0.2) is 11.8 Å². The highest BCUT2D eigenvalue weighted by atomic mass is 79.9. The smallest absolute Gasteiger partial charge is 0.333 e. The second-order valence-corrected chi connectivity index (χ2v) is 6.03. The summed E-state index contributed by atoms with van der Waals surface area (Å²) >= 11 is 3.32. The number of hydrogen-bond acceptors (Lipinski definition) is 4. The molecule has 0 saturated heterocycles. The van der Waals surface area contributed by atoms with Crippen molar-refractivity contribution in [1.29, 1.82) is 0 Å². The summed E-state index contributed by atoms with van der Waals surface area (Å²) in [5.74, 6) is -1.07. The van der Waals surface area contributed by atoms with Crippen LogP contribution in [-0.4, -0.2) is 24.8 Å². The molecule has 0 saturated carbocycles. The third kappa shape index (κ3) is 4.29. The molecule has 2 rings (SSSR count). The van der Waals surface area contributed by atoms with Crippen LogP contribution in [0.2, 0.25) is 0 Å². The van der Waals surface area contributed by atoms with Crippen LogP contribution in [0.15, 0.2) is 53.0 Å². The van der Waals surface area contributed by atoms with Crippen molar-refractivity contribution < 1.29 is 19.1 Å². The molecule has 1 N–H and O–H groups in total. The average molecular weight is 390 g/mol. The van der Waals surface area contributed by atoms with Crippen molar-refractivity contribution in [3.63, 3.8) is 0 Å². The molecular weight excluding hydrogens is 374 g/mol. The van der Waals surface area contributed by atoms with Gasteiger partial charge in [-0.2, -0.15) is 0 Å². The summed E-state index contributed by atoms with van der Waals surface area (Å²) in [6.45, 7) is 1.45. The third-order valence-corrected chi connectivity index (χ3v) is 4.00. The molecule has 1 atom stereocenters. The summed E-state index contributed by atoms with van der Waals surface area (Å²) in [6, 6.07) is 12.3. The lowest BCUT2D eigenvalue weighted by Crippen LogP contribution is -2.34. The maximum absolute atomic E-state index is 12.4. The molecule has 2 aromatic carbocycles. The predicted octanol–water partition coefficient (Wildman–Crippen LogP) is 3.30. The number of nitrogens with one attached hydrogen (secondary N) is 1. The first kappa shape index (κ1) is 17.9. The maximum atomic E-state index is 12.4. The molecule has 2 aromatic rings. The van der Waals surface area contributed by atoms with E-state index in [0.29, 0.717) is 16.7 Å². The number of methoxy groups -OCH3 is 1. The molecule has 1 unspecified atom stereocenters. The molecule has 0 bridgehead atoms. The normalized spacial score (nSPS) is 11.5. The van der Waals surface area contributed by atoms with Gasteiger partial charge in [-0.15, -0.1) is 0 Å². The number of esters is 1. The van der Waals surface area contributed by atoms with Gasteiger partial charge in [0.2, 0.25) is 0 Å². The predicted molar refractivity (Wildman–Crippen MR) is 92.8 cm³/mol. The van der Waals surface area contributed by atoms with Crippen molar-refractivity contribution in [2.45, 2.75) is 13.0 Å². The zero-order valence-corrected chi connectivity index (χ0v) is 14.8. The molecule has 0 heterocycles. The molecule has 0 spiro atoms. The molecule has 5 nitrogen and oxygen atoms in total. The number of hydrogen-bond donors (Lipinski definition) is 1. The van der Waals surface area contributed by atoms with Crippen molar-refractivity contribution in [1.82, 2.24) is 5.32 Å². The monoisotopic (exact) mass is 389 g/mol. The van der Waals surface area contributed by atoms with E-state index < -0.39 is 17.9 Å². The Labute approximate surface area is 148 Å². The summed E-state index contributed by atoms with van der Waals surface area (Å²) in [4.78, 5) is 35.7. The van der Waals surface area contributed by atoms with Crippen LogP contribution in [0.25, 0.3) is 0 Å². The fourth-order valence-electron chi connectivity index (χ4n) is 2.12. The van der Waals surface area contributed by atoms with Crippen LogP contribution < -0.4 is 5.32 Å². The van der Waals surface area contributed by atoms with E-state index in [1.54, 1.807) is 48.5 Å². The molecule has 0 aromatic heterocycles. The molecule has 0 radical (unpaired) electrons. The highest BCUT2D eigenvalue weighted by Crippen LogP contribution is 2.19. The zero-order valence-electron chi connectivity index (χ0n) is 13.2. The second kappa shape index (κ2) is 7.88. The lowest BCUT2D eigenvalue weighted by Gasteiger charge is -2.17. The Morgan fingerprint density at radius 3 is 2.00 bits per heavy atom. The molecule has 24 heavy (non-hydrogen) atoms. The summed E-state index contributed by atoms with van der Waals surface area (Å²) in [7, 11) is 1.27. The highest BCUT2D eigenvalue weighted by molar-refractivity contribution is 9.10. The van der Waals surface area contributed by atoms with Crippen LogP contribution >= 0.6 is 15.9 Å². The second-order valence-electron chi connectivity index (χ2n) is 5.11. The Morgan fingerprint density at radius 2 is 1.50 bits per heavy atom. The Bertz CT molecular complexity index is 754. The van der Waals surface area contributed by atoms with E-state index in [2.05, 4.69) is 21.2 Å². The Hall–Kier alpha value is -2.47. The van der Waals surface area contributed by atoms with Gasteiger partial charge >= 0.3 is 5.97 Å². The molecule has 0 fully saturated rings. The minimum absolute atomic E-state index is 0.0794. The minimum Gasteiger partial charge on any atom is -0.467 e. The summed E-state index contributed by atoms with van der Waals surface area (Å²) in [6.07, 6.45) is 0. The minimum atomic E-state index is -0.914. The number of carbonyl (C=O) groups is 3. The van der Waals surface area contributed by atoms with Gasteiger partial charge in [0, 0.05) is 15.6 Å². The van der Waals surface area contributed by atoms with E-state index in [-0.39, 0.29) is 5.78 Å². The van der Waals surface area contributed by atoms with Crippen molar-refractivity contribution in [2.24, 2.45) is 0 Å². The molecule has 6 heteroatoms. The topological polar surface area (TPSA) is 72.5 Å². The van der Waals surface area contributed by atoms with Gasteiger partial charge in [-0.3, -0.25) is 9.59 Å². The largest absolute Gasteiger partial charge is 0.467 e. The summed E-state index contributed by atoms with van der Waals surface area (Å²) in [5, 5.41) is 2.65. The number of benzene rings is 2. The Balaban J connectivity index is 2.22. The lowest BCUT2D eigenvalue weighted by molar-refractivity contribution is -0.143. The SMILES string of the molecule is COC(=O)C(NC(=O)c1ccc(C(C)=O)cc1)c1ccc(Br)cc1. The van der Waals surface area contributed by atoms with E-state index in [9.17, 15) is 14.4 Å². The van der Waals surface area contributed by atoms with Gasteiger partial charge in [-0.25, -0.2) is 4.79 Å². The first-order valence-corrected chi connectivity index (χ1v) is 7.97. The van der Waals surface area contributed by atoms with E-state index >= 15 is 0 Å². The first-order valence-electron chi connectivity index (χ1n) is 7.17. The molecule has 124 valence electrons. The fraction of sp³-hybridized carbons (Fsp3) is 0.167. The number of ether oxygens (including phenoxy) is 1. The van der Waals surface area contributed by atoms with Crippen LogP contribution in [0.1, 0.15) is 39.2 Å². The molecule has 0 aliphatic heterocycles. The Morgan fingerprint density at radius 1 is 0.958 bits per heavy atom. The number of carbonyl (C=O) groups excluding carboxylic acids is 3. The van der Waals surface area contributed by atoms with E-state index in [4.69, 9.17) is 4.74 Å². The van der Waals surface area contributed by atoms with Gasteiger partial charge in [0.25, 0.3) is 5.91 Å². The van der Waals surface area contributed by atoms with Gasteiger partial charge in [0.05, 0.1) is 7.11 Å². The summed E-state index contributed by atoms with van der Waals surface area (Å²) in [5.41, 5.74) is 1.48. The van der Waals surface area contributed by atoms with Gasteiger partial charge in [-0.1, -0.05) is 40.2 Å². The van der Waals surface area contributed by atoms with Crippen LogP contribution in [0.4, 0.5) is 0 Å². The van der Waals surface area contributed by atoms with Crippen molar-refractivity contribution in [3.8, 4) is 0 Å². The maximum Gasteiger partial charge on any atom is 0.333 e. The van der Waals surface area contributed by atoms with Crippen LogP contribution in [-0.2, 0) is 9.53 Å². The number of halogens is 1. The summed E-state index contributed by atoms with van der Waals surface area (Å²) < 4.78 is 5.64. The lowest BCUT2D eigenvalue weighted by atomic mass is 10.1. The number of amides is 1. The van der Waals surface area contributed by atoms with Gasteiger partial charge in [0.1, 0.15) is 0 Å². The standard InChI is InChI=1S/C18H16BrNO4/c1-11(21)12-3-5-14(6-4-12)17(22)20-16(18(23)24-2)13-7-9-15(19)10-8-13/h3-10,16H,1-2H3,(H,20,22). The van der Waals surface area contributed by atoms with Crippen LogP contribution in [0, 0.1) is 0 Å². The Kier molecular flexibility index (Phi) is 5.87. The van der Waals surface area contributed by atoms with Crippen molar-refractivity contribution >= 4 is 33.6 Å². The third-order valence-electron chi connectivity index (χ3n) is 3.47. The van der Waals surface area contributed by atoms with Gasteiger partial charge in [-0.05, 0) is 36.8 Å². The van der Waals surface area contributed by atoms with Gasteiger partial charge < -0.3 is 10.1 Å². The fourth-order valence-corrected chi connectivity index (χ4v) is 2.39. The first-order chi connectivity index (χ1) is 11.4. The molecule has 1 amide bonds. The quantitative estimate of drug-likeness (QED) is 0.628. The van der Waals surface area contributed by atoms with Crippen LogP contribution in [0.3, 0.4) is 0 Å². The molecular formula is C18H16BrNO4. The average Bonchev–Trinajstić information content (AvgIpc) is 2.59. The zero-order chi connectivity index (χ0) is 17.7. The van der Waals surface area contributed by atoms with Crippen molar-refractivity contribution in [2.75, 3.05) is 7.11 Å². The van der Waals surface area contributed by atoms with Crippen LogP contribution in [0.5, 0.6) is 0 Å². The number of ketones is 1. The van der Waals surface area contributed by atoms with E-state index in [1.165, 1.54) is 14.0 Å². The highest BCUT2D eigenvalue weighted by Gasteiger charge is 2.24. The van der Waals surface area contributed by atoms with Crippen molar-refractivity contribution in [3.05, 3.63) is 69.7 Å². The molecule has 0 aliphatic rings. The molecule has 0 aliphatic carbocycles. The van der Waals surface area contributed by atoms with E-state index in [1.807, 2.05) is 0 Å². The number of Topliss-reactive ketones (excluding diaryl/α,β-unsaturated/α-hetero) is 1.